The summed E-state index contributed by atoms with van der Waals surface area (Å²) in [6, 6.07) is 13.3. The molecule has 5 nitrogen and oxygen atoms in total. The quantitative estimate of drug-likeness (QED) is 0.740. The Morgan fingerprint density at radius 1 is 1.11 bits per heavy atom. The van der Waals surface area contributed by atoms with Crippen LogP contribution in [0.5, 0.6) is 0 Å². The van der Waals surface area contributed by atoms with Gasteiger partial charge in [0.2, 0.25) is 5.91 Å². The van der Waals surface area contributed by atoms with Crippen LogP contribution in [0.3, 0.4) is 0 Å². The van der Waals surface area contributed by atoms with Crippen LogP contribution in [0.15, 0.2) is 53.0 Å². The molecule has 1 fully saturated rings. The standard InChI is InChI=1S/C21H23BrFN3O2/c22-18-6-4-16(5-7-18)15-26(21(28)17-2-1-3-19(23)14-17)11-8-20(27)25-12-9-24-10-13-25/h1-7,14,24H,8-13,15H2. The van der Waals surface area contributed by atoms with Crippen LogP contribution in [0.25, 0.3) is 0 Å². The maximum Gasteiger partial charge on any atom is 0.254 e. The Kier molecular flexibility index (Phi) is 7.17. The SMILES string of the molecule is O=C(CCN(Cc1ccc(Br)cc1)C(=O)c1cccc(F)c1)N1CCNCC1. The van der Waals surface area contributed by atoms with Crippen molar-refractivity contribution in [1.29, 1.82) is 0 Å². The Morgan fingerprint density at radius 3 is 2.50 bits per heavy atom. The molecule has 1 saturated heterocycles. The van der Waals surface area contributed by atoms with Crippen LogP contribution in [-0.4, -0.2) is 54.3 Å². The van der Waals surface area contributed by atoms with Crippen molar-refractivity contribution in [2.45, 2.75) is 13.0 Å². The molecule has 0 aliphatic carbocycles. The van der Waals surface area contributed by atoms with Gasteiger partial charge in [-0.2, -0.15) is 0 Å². The van der Waals surface area contributed by atoms with Crippen molar-refractivity contribution in [3.8, 4) is 0 Å². The number of rotatable bonds is 6. The fourth-order valence-corrected chi connectivity index (χ4v) is 3.43. The van der Waals surface area contributed by atoms with E-state index in [2.05, 4.69) is 21.2 Å². The highest BCUT2D eigenvalue weighted by Crippen LogP contribution is 2.15. The van der Waals surface area contributed by atoms with Crippen molar-refractivity contribution in [3.05, 3.63) is 69.9 Å². The van der Waals surface area contributed by atoms with Gasteiger partial charge in [-0.3, -0.25) is 9.59 Å². The molecule has 2 aromatic rings. The van der Waals surface area contributed by atoms with Gasteiger partial charge in [-0.25, -0.2) is 4.39 Å². The zero-order valence-corrected chi connectivity index (χ0v) is 17.1. The smallest absolute Gasteiger partial charge is 0.254 e. The summed E-state index contributed by atoms with van der Waals surface area (Å²) >= 11 is 3.40. The van der Waals surface area contributed by atoms with E-state index >= 15 is 0 Å². The zero-order valence-electron chi connectivity index (χ0n) is 15.5. The molecule has 1 N–H and O–H groups in total. The average Bonchev–Trinajstić information content (AvgIpc) is 2.72. The molecule has 7 heteroatoms. The third kappa shape index (κ3) is 5.62. The van der Waals surface area contributed by atoms with E-state index in [0.717, 1.165) is 23.1 Å². The molecule has 0 bridgehead atoms. The lowest BCUT2D eigenvalue weighted by Gasteiger charge is -2.29. The lowest BCUT2D eigenvalue weighted by molar-refractivity contribution is -0.132. The molecule has 0 saturated carbocycles. The number of nitrogens with one attached hydrogen (secondary N) is 1. The van der Waals surface area contributed by atoms with Gasteiger partial charge in [0, 0.05) is 55.7 Å². The second-order valence-electron chi connectivity index (χ2n) is 6.74. The summed E-state index contributed by atoms with van der Waals surface area (Å²) in [7, 11) is 0. The number of piperazine rings is 1. The largest absolute Gasteiger partial charge is 0.340 e. The maximum atomic E-state index is 13.6. The van der Waals surface area contributed by atoms with Crippen LogP contribution >= 0.6 is 15.9 Å². The number of carbonyl (C=O) groups excluding carboxylic acids is 2. The van der Waals surface area contributed by atoms with Crippen molar-refractivity contribution in [2.75, 3.05) is 32.7 Å². The lowest BCUT2D eigenvalue weighted by atomic mass is 10.1. The second-order valence-corrected chi connectivity index (χ2v) is 7.66. The summed E-state index contributed by atoms with van der Waals surface area (Å²) in [6.07, 6.45) is 0.248. The van der Waals surface area contributed by atoms with Crippen LogP contribution in [0.1, 0.15) is 22.3 Å². The fourth-order valence-electron chi connectivity index (χ4n) is 3.17. The lowest BCUT2D eigenvalue weighted by Crippen LogP contribution is -2.47. The molecule has 0 unspecified atom stereocenters. The van der Waals surface area contributed by atoms with Crippen LogP contribution in [0, 0.1) is 5.82 Å². The molecule has 2 amide bonds. The number of amides is 2. The summed E-state index contributed by atoms with van der Waals surface area (Å²) in [6.45, 7) is 3.59. The van der Waals surface area contributed by atoms with Crippen molar-refractivity contribution >= 4 is 27.7 Å². The second kappa shape index (κ2) is 9.80. The van der Waals surface area contributed by atoms with Gasteiger partial charge in [0.15, 0.2) is 0 Å². The van der Waals surface area contributed by atoms with E-state index in [4.69, 9.17) is 0 Å². The fraction of sp³-hybridized carbons (Fsp3) is 0.333. The number of hydrogen-bond donors (Lipinski definition) is 1. The van der Waals surface area contributed by atoms with Crippen LogP contribution < -0.4 is 5.32 Å². The van der Waals surface area contributed by atoms with E-state index in [-0.39, 0.29) is 30.3 Å². The van der Waals surface area contributed by atoms with Gasteiger partial charge in [0.25, 0.3) is 5.91 Å². The molecule has 1 heterocycles. The number of benzene rings is 2. The molecule has 0 atom stereocenters. The molecule has 0 spiro atoms. The molecule has 148 valence electrons. The topological polar surface area (TPSA) is 52.7 Å². The molecule has 3 rings (SSSR count). The van der Waals surface area contributed by atoms with E-state index in [1.54, 1.807) is 11.0 Å². The first kappa shape index (κ1) is 20.5. The summed E-state index contributed by atoms with van der Waals surface area (Å²) in [5.74, 6) is -0.698. The minimum Gasteiger partial charge on any atom is -0.340 e. The first-order valence-electron chi connectivity index (χ1n) is 9.31. The predicted molar refractivity (Wildman–Crippen MR) is 109 cm³/mol. The molecule has 0 radical (unpaired) electrons. The van der Waals surface area contributed by atoms with Gasteiger partial charge in [-0.05, 0) is 35.9 Å². The molecule has 0 aromatic heterocycles. The molecule has 28 heavy (non-hydrogen) atoms. The van der Waals surface area contributed by atoms with Gasteiger partial charge in [0.1, 0.15) is 5.82 Å². The summed E-state index contributed by atoms with van der Waals surface area (Å²) in [5.41, 5.74) is 1.23. The Labute approximate surface area is 172 Å². The Balaban J connectivity index is 1.72. The van der Waals surface area contributed by atoms with Crippen molar-refractivity contribution < 1.29 is 14.0 Å². The summed E-state index contributed by atoms with van der Waals surface area (Å²) in [5, 5.41) is 3.22. The van der Waals surface area contributed by atoms with Gasteiger partial charge in [-0.1, -0.05) is 34.1 Å². The summed E-state index contributed by atoms with van der Waals surface area (Å²) in [4.78, 5) is 28.9. The predicted octanol–water partition coefficient (Wildman–Crippen LogP) is 3.05. The highest BCUT2D eigenvalue weighted by molar-refractivity contribution is 9.10. The van der Waals surface area contributed by atoms with Crippen molar-refractivity contribution in [1.82, 2.24) is 15.1 Å². The highest BCUT2D eigenvalue weighted by Gasteiger charge is 2.21. The monoisotopic (exact) mass is 447 g/mol. The van der Waals surface area contributed by atoms with E-state index in [9.17, 15) is 14.0 Å². The molecular weight excluding hydrogens is 425 g/mol. The van der Waals surface area contributed by atoms with Gasteiger partial charge < -0.3 is 15.1 Å². The first-order valence-corrected chi connectivity index (χ1v) is 10.1. The number of hydrogen-bond acceptors (Lipinski definition) is 3. The minimum atomic E-state index is -0.452. The molecular formula is C21H23BrFN3O2. The van der Waals surface area contributed by atoms with Crippen molar-refractivity contribution in [2.24, 2.45) is 0 Å². The minimum absolute atomic E-state index is 0.0364. The zero-order chi connectivity index (χ0) is 19.9. The third-order valence-electron chi connectivity index (χ3n) is 4.71. The average molecular weight is 448 g/mol. The first-order chi connectivity index (χ1) is 13.5. The van der Waals surface area contributed by atoms with E-state index in [1.165, 1.54) is 18.2 Å². The Bertz CT molecular complexity index is 823. The van der Waals surface area contributed by atoms with Crippen LogP contribution in [-0.2, 0) is 11.3 Å². The van der Waals surface area contributed by atoms with Gasteiger partial charge in [0.05, 0.1) is 0 Å². The molecule has 1 aliphatic heterocycles. The molecule has 2 aromatic carbocycles. The Hall–Kier alpha value is -2.25. The maximum absolute atomic E-state index is 13.6. The van der Waals surface area contributed by atoms with Crippen molar-refractivity contribution in [3.63, 3.8) is 0 Å². The van der Waals surface area contributed by atoms with Gasteiger partial charge >= 0.3 is 0 Å². The Morgan fingerprint density at radius 2 is 1.82 bits per heavy atom. The van der Waals surface area contributed by atoms with E-state index in [0.29, 0.717) is 19.6 Å². The van der Waals surface area contributed by atoms with Crippen LogP contribution in [0.4, 0.5) is 4.39 Å². The number of carbonyl (C=O) groups is 2. The number of halogens is 2. The van der Waals surface area contributed by atoms with Crippen LogP contribution in [0.2, 0.25) is 0 Å². The number of nitrogens with zero attached hydrogens (tertiary/aromatic N) is 2. The van der Waals surface area contributed by atoms with Gasteiger partial charge in [-0.15, -0.1) is 0 Å². The third-order valence-corrected chi connectivity index (χ3v) is 5.24. The normalized spacial score (nSPS) is 14.0. The van der Waals surface area contributed by atoms with E-state index in [1.807, 2.05) is 29.2 Å². The van der Waals surface area contributed by atoms with E-state index < -0.39 is 5.82 Å². The highest BCUT2D eigenvalue weighted by atomic mass is 79.9. The summed E-state index contributed by atoms with van der Waals surface area (Å²) < 4.78 is 14.5. The molecule has 1 aliphatic rings.